The zero-order chi connectivity index (χ0) is 27.7. The minimum Gasteiger partial charge on any atom is -0.459 e. The third kappa shape index (κ3) is 5.84. The lowest BCUT2D eigenvalue weighted by molar-refractivity contribution is -0.143. The van der Waals surface area contributed by atoms with Crippen molar-refractivity contribution in [1.82, 2.24) is 14.5 Å². The van der Waals surface area contributed by atoms with Crippen LogP contribution in [0.4, 0.5) is 0 Å². The number of benzene rings is 1. The number of allylic oxidation sites excluding steroid dienone is 1. The summed E-state index contributed by atoms with van der Waals surface area (Å²) in [5.74, 6) is 0.000772. The maximum absolute atomic E-state index is 13.8. The van der Waals surface area contributed by atoms with Crippen LogP contribution in [0.5, 0.6) is 0 Å². The highest BCUT2D eigenvalue weighted by Crippen LogP contribution is 2.35. The van der Waals surface area contributed by atoms with Gasteiger partial charge in [0.1, 0.15) is 5.76 Å². The SMILES string of the molecule is CSc1ccc([C@@H]2C(C(=O)OC(C)C)=C(C)N=c3s/c(=C\c4cc(Br)c(Sc5ncccn5)o4)c(=O)n32)cc1. The van der Waals surface area contributed by atoms with Crippen molar-refractivity contribution >= 4 is 62.8 Å². The average Bonchev–Trinajstić information content (AvgIpc) is 3.41. The number of hydrogen-bond acceptors (Lipinski definition) is 10. The van der Waals surface area contributed by atoms with E-state index >= 15 is 0 Å². The van der Waals surface area contributed by atoms with Crippen LogP contribution in [0.15, 0.2) is 93.9 Å². The first kappa shape index (κ1) is 27.6. The monoisotopic (exact) mass is 642 g/mol. The molecule has 8 nitrogen and oxygen atoms in total. The van der Waals surface area contributed by atoms with Gasteiger partial charge in [0.25, 0.3) is 5.56 Å². The van der Waals surface area contributed by atoms with E-state index in [9.17, 15) is 9.59 Å². The van der Waals surface area contributed by atoms with Crippen LogP contribution < -0.4 is 14.9 Å². The summed E-state index contributed by atoms with van der Waals surface area (Å²) in [6.07, 6.45) is 6.69. The van der Waals surface area contributed by atoms with Crippen LogP contribution in [0, 0.1) is 0 Å². The summed E-state index contributed by atoms with van der Waals surface area (Å²) in [5.41, 5.74) is 1.40. The quantitative estimate of drug-likeness (QED) is 0.154. The third-order valence-corrected chi connectivity index (χ3v) is 9.15. The number of rotatable bonds is 7. The average molecular weight is 644 g/mol. The number of hydrogen-bond donors (Lipinski definition) is 0. The molecule has 0 saturated carbocycles. The third-order valence-electron chi connectivity index (χ3n) is 5.69. The smallest absolute Gasteiger partial charge is 0.338 e. The highest BCUT2D eigenvalue weighted by molar-refractivity contribution is 9.10. The van der Waals surface area contributed by atoms with Crippen LogP contribution in [0.25, 0.3) is 6.08 Å². The number of halogens is 1. The summed E-state index contributed by atoms with van der Waals surface area (Å²) in [6, 6.07) is 10.7. The summed E-state index contributed by atoms with van der Waals surface area (Å²) in [6.45, 7) is 5.36. The molecule has 0 unspecified atom stereocenters. The van der Waals surface area contributed by atoms with Crippen molar-refractivity contribution in [3.05, 3.63) is 95.5 Å². The highest BCUT2D eigenvalue weighted by atomic mass is 79.9. The molecular weight excluding hydrogens is 620 g/mol. The number of carbonyl (C=O) groups excluding carboxylic acids is 1. The van der Waals surface area contributed by atoms with Gasteiger partial charge in [0.2, 0.25) is 0 Å². The van der Waals surface area contributed by atoms with E-state index in [2.05, 4.69) is 30.9 Å². The Morgan fingerprint density at radius 2 is 1.95 bits per heavy atom. The van der Waals surface area contributed by atoms with Gasteiger partial charge in [0.15, 0.2) is 15.1 Å². The number of furan rings is 1. The fourth-order valence-corrected chi connectivity index (χ4v) is 6.69. The first-order valence-electron chi connectivity index (χ1n) is 11.9. The maximum Gasteiger partial charge on any atom is 0.338 e. The summed E-state index contributed by atoms with van der Waals surface area (Å²) in [4.78, 5) is 41.7. The fraction of sp³-hybridized carbons (Fsp3) is 0.222. The van der Waals surface area contributed by atoms with E-state index in [-0.39, 0.29) is 11.7 Å². The van der Waals surface area contributed by atoms with Crippen LogP contribution in [-0.4, -0.2) is 32.9 Å². The number of thioether (sulfide) groups is 1. The van der Waals surface area contributed by atoms with E-state index in [1.807, 2.05) is 30.5 Å². The number of carbonyl (C=O) groups is 1. The number of ether oxygens (including phenoxy) is 1. The van der Waals surface area contributed by atoms with E-state index in [1.165, 1.54) is 23.1 Å². The molecule has 1 aromatic carbocycles. The van der Waals surface area contributed by atoms with E-state index in [1.54, 1.807) is 67.7 Å². The Morgan fingerprint density at radius 1 is 1.23 bits per heavy atom. The zero-order valence-electron chi connectivity index (χ0n) is 21.4. The van der Waals surface area contributed by atoms with Gasteiger partial charge in [0, 0.05) is 23.4 Å². The standard InChI is InChI=1S/C27H23BrN4O4S3/c1-14(2)35-24(34)21-15(3)31-27-32(22(21)16-6-8-18(37-4)9-7-16)23(33)20(38-27)13-17-12-19(28)25(36-17)39-26-29-10-5-11-30-26/h5-14,22H,1-4H3/b20-13-/t22-/m1/s1. The Labute approximate surface area is 245 Å². The molecule has 4 aromatic rings. The van der Waals surface area contributed by atoms with Crippen molar-refractivity contribution in [2.75, 3.05) is 6.26 Å². The Hall–Kier alpha value is -2.93. The van der Waals surface area contributed by atoms with Crippen LogP contribution >= 0.6 is 50.8 Å². The fourth-order valence-electron chi connectivity index (χ4n) is 4.02. The molecule has 39 heavy (non-hydrogen) atoms. The molecule has 1 aliphatic rings. The minimum atomic E-state index is -0.671. The first-order chi connectivity index (χ1) is 18.7. The largest absolute Gasteiger partial charge is 0.459 e. The second-order valence-corrected chi connectivity index (χ2v) is 12.4. The lowest BCUT2D eigenvalue weighted by Crippen LogP contribution is -2.40. The van der Waals surface area contributed by atoms with Crippen molar-refractivity contribution in [3.63, 3.8) is 0 Å². The molecule has 4 heterocycles. The van der Waals surface area contributed by atoms with Gasteiger partial charge in [-0.05, 0) is 84.5 Å². The lowest BCUT2D eigenvalue weighted by Gasteiger charge is -2.25. The van der Waals surface area contributed by atoms with Gasteiger partial charge in [-0.1, -0.05) is 23.5 Å². The van der Waals surface area contributed by atoms with Crippen LogP contribution in [0.3, 0.4) is 0 Å². The zero-order valence-corrected chi connectivity index (χ0v) is 25.4. The molecule has 200 valence electrons. The Kier molecular flexibility index (Phi) is 8.27. The Bertz CT molecular complexity index is 1740. The van der Waals surface area contributed by atoms with Gasteiger partial charge in [-0.25, -0.2) is 19.8 Å². The molecule has 0 N–H and O–H groups in total. The Balaban J connectivity index is 1.61. The molecule has 1 aliphatic heterocycles. The van der Waals surface area contributed by atoms with Crippen molar-refractivity contribution in [2.24, 2.45) is 4.99 Å². The summed E-state index contributed by atoms with van der Waals surface area (Å²) in [7, 11) is 0. The predicted octanol–water partition coefficient (Wildman–Crippen LogP) is 5.21. The van der Waals surface area contributed by atoms with Gasteiger partial charge in [-0.15, -0.1) is 11.8 Å². The molecule has 0 aliphatic carbocycles. The first-order valence-corrected chi connectivity index (χ1v) is 15.5. The molecule has 1 atom stereocenters. The molecule has 0 spiro atoms. The van der Waals surface area contributed by atoms with Crippen molar-refractivity contribution in [3.8, 4) is 0 Å². The van der Waals surface area contributed by atoms with Gasteiger partial charge in [0.05, 0.1) is 32.4 Å². The van der Waals surface area contributed by atoms with Crippen LogP contribution in [0.1, 0.15) is 38.1 Å². The van der Waals surface area contributed by atoms with Crippen LogP contribution in [-0.2, 0) is 9.53 Å². The van der Waals surface area contributed by atoms with Crippen LogP contribution in [0.2, 0.25) is 0 Å². The Morgan fingerprint density at radius 3 is 2.62 bits per heavy atom. The lowest BCUT2D eigenvalue weighted by atomic mass is 9.96. The number of aromatic nitrogens is 3. The topological polar surface area (TPSA) is 99.6 Å². The molecule has 3 aromatic heterocycles. The van der Waals surface area contributed by atoms with Crippen molar-refractivity contribution < 1.29 is 13.9 Å². The normalized spacial score (nSPS) is 15.4. The second-order valence-electron chi connectivity index (χ2n) is 8.73. The molecular formula is C27H23BrN4O4S3. The summed E-state index contributed by atoms with van der Waals surface area (Å²) in [5, 5.41) is 1.11. The van der Waals surface area contributed by atoms with E-state index in [0.29, 0.717) is 36.6 Å². The number of thiazole rings is 1. The van der Waals surface area contributed by atoms with E-state index in [0.717, 1.165) is 14.9 Å². The van der Waals surface area contributed by atoms with E-state index in [4.69, 9.17) is 9.15 Å². The number of nitrogens with zero attached hydrogens (tertiary/aromatic N) is 4. The minimum absolute atomic E-state index is 0.270. The second kappa shape index (κ2) is 11.7. The molecule has 0 fully saturated rings. The molecule has 12 heteroatoms. The van der Waals surface area contributed by atoms with Gasteiger partial charge >= 0.3 is 5.97 Å². The predicted molar refractivity (Wildman–Crippen MR) is 156 cm³/mol. The molecule has 0 amide bonds. The molecule has 0 saturated heterocycles. The number of esters is 1. The van der Waals surface area contributed by atoms with Crippen molar-refractivity contribution in [1.29, 1.82) is 0 Å². The molecule has 5 rings (SSSR count). The summed E-state index contributed by atoms with van der Waals surface area (Å²) < 4.78 is 14.3. The van der Waals surface area contributed by atoms with E-state index < -0.39 is 12.0 Å². The number of fused-ring (bicyclic) bond motifs is 1. The van der Waals surface area contributed by atoms with Gasteiger partial charge < -0.3 is 9.15 Å². The highest BCUT2D eigenvalue weighted by Gasteiger charge is 2.33. The van der Waals surface area contributed by atoms with Crippen molar-refractivity contribution in [2.45, 2.75) is 48.1 Å². The van der Waals surface area contributed by atoms with Gasteiger partial charge in [-0.2, -0.15) is 0 Å². The van der Waals surface area contributed by atoms with Gasteiger partial charge in [-0.3, -0.25) is 9.36 Å². The molecule has 0 radical (unpaired) electrons. The maximum atomic E-state index is 13.8. The molecule has 0 bridgehead atoms. The summed E-state index contributed by atoms with van der Waals surface area (Å²) >= 11 is 7.66.